The standard InChI is InChI=1S/C15H20FN3/c1-11-9-13(3-4-14(11)16)19(2)12-5-7-15(18,10-17)8-6-12/h3-4,9,12H,5-8,18H2,1-2H3. The van der Waals surface area contributed by atoms with Crippen molar-refractivity contribution in [3.05, 3.63) is 29.6 Å². The van der Waals surface area contributed by atoms with E-state index in [2.05, 4.69) is 11.0 Å². The maximum absolute atomic E-state index is 13.3. The lowest BCUT2D eigenvalue weighted by Gasteiger charge is -2.38. The van der Waals surface area contributed by atoms with E-state index in [-0.39, 0.29) is 5.82 Å². The number of nitriles is 1. The number of benzene rings is 1. The number of hydrogen-bond acceptors (Lipinski definition) is 3. The maximum Gasteiger partial charge on any atom is 0.126 e. The van der Waals surface area contributed by atoms with E-state index in [4.69, 9.17) is 11.0 Å². The van der Waals surface area contributed by atoms with Gasteiger partial charge in [-0.3, -0.25) is 0 Å². The van der Waals surface area contributed by atoms with Crippen LogP contribution in [0.4, 0.5) is 10.1 Å². The number of hydrogen-bond donors (Lipinski definition) is 1. The fraction of sp³-hybridized carbons (Fsp3) is 0.533. The minimum atomic E-state index is -0.657. The number of rotatable bonds is 2. The van der Waals surface area contributed by atoms with Gasteiger partial charge in [-0.2, -0.15) is 5.26 Å². The first-order valence-electron chi connectivity index (χ1n) is 6.64. The van der Waals surface area contributed by atoms with E-state index in [0.717, 1.165) is 31.4 Å². The number of nitrogens with zero attached hydrogens (tertiary/aromatic N) is 2. The van der Waals surface area contributed by atoms with Crippen LogP contribution in [0.5, 0.6) is 0 Å². The van der Waals surface area contributed by atoms with Crippen LogP contribution in [0, 0.1) is 24.1 Å². The molecule has 0 atom stereocenters. The molecular weight excluding hydrogens is 241 g/mol. The predicted molar refractivity (Wildman–Crippen MR) is 74.3 cm³/mol. The minimum absolute atomic E-state index is 0.175. The smallest absolute Gasteiger partial charge is 0.126 e. The second-order valence-corrected chi connectivity index (χ2v) is 5.54. The Balaban J connectivity index is 2.07. The zero-order valence-corrected chi connectivity index (χ0v) is 11.5. The van der Waals surface area contributed by atoms with Crippen molar-refractivity contribution in [3.8, 4) is 6.07 Å². The summed E-state index contributed by atoms with van der Waals surface area (Å²) in [5, 5.41) is 9.03. The van der Waals surface area contributed by atoms with Gasteiger partial charge in [-0.05, 0) is 56.4 Å². The molecule has 2 N–H and O–H groups in total. The molecule has 1 saturated carbocycles. The van der Waals surface area contributed by atoms with Crippen molar-refractivity contribution in [2.45, 2.75) is 44.2 Å². The second kappa shape index (κ2) is 5.18. The monoisotopic (exact) mass is 261 g/mol. The van der Waals surface area contributed by atoms with Crippen molar-refractivity contribution >= 4 is 5.69 Å². The average Bonchev–Trinajstić information content (AvgIpc) is 2.42. The Morgan fingerprint density at radius 1 is 1.42 bits per heavy atom. The van der Waals surface area contributed by atoms with Crippen LogP contribution in [0.1, 0.15) is 31.2 Å². The van der Waals surface area contributed by atoms with E-state index < -0.39 is 5.54 Å². The third kappa shape index (κ3) is 2.87. The number of anilines is 1. The van der Waals surface area contributed by atoms with Crippen LogP contribution in [0.15, 0.2) is 18.2 Å². The average molecular weight is 261 g/mol. The van der Waals surface area contributed by atoms with Crippen LogP contribution in [0.2, 0.25) is 0 Å². The Morgan fingerprint density at radius 2 is 2.05 bits per heavy atom. The highest BCUT2D eigenvalue weighted by molar-refractivity contribution is 5.49. The Kier molecular flexibility index (Phi) is 3.77. The molecule has 0 unspecified atom stereocenters. The van der Waals surface area contributed by atoms with Crippen molar-refractivity contribution in [2.75, 3.05) is 11.9 Å². The van der Waals surface area contributed by atoms with Gasteiger partial charge in [0.15, 0.2) is 0 Å². The summed E-state index contributed by atoms with van der Waals surface area (Å²) in [6.45, 7) is 1.77. The fourth-order valence-electron chi connectivity index (χ4n) is 2.68. The molecule has 1 fully saturated rings. The van der Waals surface area contributed by atoms with Crippen LogP contribution in [-0.4, -0.2) is 18.6 Å². The third-order valence-electron chi connectivity index (χ3n) is 4.17. The molecule has 1 aromatic rings. The topological polar surface area (TPSA) is 53.0 Å². The molecule has 0 bridgehead atoms. The zero-order chi connectivity index (χ0) is 14.0. The van der Waals surface area contributed by atoms with Gasteiger partial charge in [0.2, 0.25) is 0 Å². The normalized spacial score (nSPS) is 26.8. The minimum Gasteiger partial charge on any atom is -0.372 e. The summed E-state index contributed by atoms with van der Waals surface area (Å²) in [4.78, 5) is 2.17. The van der Waals surface area contributed by atoms with Gasteiger partial charge in [-0.1, -0.05) is 0 Å². The highest BCUT2D eigenvalue weighted by Gasteiger charge is 2.33. The molecule has 0 amide bonds. The molecular formula is C15H20FN3. The third-order valence-corrected chi connectivity index (χ3v) is 4.17. The van der Waals surface area contributed by atoms with E-state index in [1.165, 1.54) is 6.07 Å². The summed E-state index contributed by atoms with van der Waals surface area (Å²) in [6.07, 6.45) is 3.24. The zero-order valence-electron chi connectivity index (χ0n) is 11.5. The highest BCUT2D eigenvalue weighted by atomic mass is 19.1. The van der Waals surface area contributed by atoms with E-state index in [1.54, 1.807) is 13.0 Å². The van der Waals surface area contributed by atoms with Gasteiger partial charge in [0.25, 0.3) is 0 Å². The van der Waals surface area contributed by atoms with Gasteiger partial charge in [-0.25, -0.2) is 4.39 Å². The molecule has 1 aliphatic rings. The molecule has 1 aliphatic carbocycles. The van der Waals surface area contributed by atoms with Crippen LogP contribution in [-0.2, 0) is 0 Å². The lowest BCUT2D eigenvalue weighted by Crippen LogP contribution is -2.46. The molecule has 0 saturated heterocycles. The summed E-state index contributed by atoms with van der Waals surface area (Å²) in [7, 11) is 2.02. The van der Waals surface area contributed by atoms with E-state index in [0.29, 0.717) is 11.6 Å². The maximum atomic E-state index is 13.3. The lowest BCUT2D eigenvalue weighted by molar-refractivity contribution is 0.327. The molecule has 0 aromatic heterocycles. The van der Waals surface area contributed by atoms with E-state index in [9.17, 15) is 4.39 Å². The Hall–Kier alpha value is -1.60. The largest absolute Gasteiger partial charge is 0.372 e. The van der Waals surface area contributed by atoms with Gasteiger partial charge in [-0.15, -0.1) is 0 Å². The molecule has 0 radical (unpaired) electrons. The van der Waals surface area contributed by atoms with Gasteiger partial charge in [0.05, 0.1) is 6.07 Å². The van der Waals surface area contributed by atoms with Crippen LogP contribution < -0.4 is 10.6 Å². The number of aryl methyl sites for hydroxylation is 1. The molecule has 0 spiro atoms. The van der Waals surface area contributed by atoms with Crippen LogP contribution >= 0.6 is 0 Å². The van der Waals surface area contributed by atoms with Gasteiger partial charge in [0, 0.05) is 18.8 Å². The Morgan fingerprint density at radius 3 is 2.58 bits per heavy atom. The summed E-state index contributed by atoms with van der Waals surface area (Å²) >= 11 is 0. The fourth-order valence-corrected chi connectivity index (χ4v) is 2.68. The number of halogens is 1. The van der Waals surface area contributed by atoms with Crippen molar-refractivity contribution < 1.29 is 4.39 Å². The Labute approximate surface area is 113 Å². The highest BCUT2D eigenvalue weighted by Crippen LogP contribution is 2.31. The first kappa shape index (κ1) is 13.8. The molecule has 102 valence electrons. The van der Waals surface area contributed by atoms with Crippen LogP contribution in [0.3, 0.4) is 0 Å². The first-order valence-corrected chi connectivity index (χ1v) is 6.64. The quantitative estimate of drug-likeness (QED) is 0.890. The van der Waals surface area contributed by atoms with Gasteiger partial charge >= 0.3 is 0 Å². The summed E-state index contributed by atoms with van der Waals surface area (Å²) in [5.41, 5.74) is 6.99. The molecule has 19 heavy (non-hydrogen) atoms. The van der Waals surface area contributed by atoms with E-state index in [1.807, 2.05) is 13.1 Å². The molecule has 0 aliphatic heterocycles. The molecule has 4 heteroatoms. The predicted octanol–water partition coefficient (Wildman–Crippen LogP) is 2.73. The molecule has 2 rings (SSSR count). The van der Waals surface area contributed by atoms with Gasteiger partial charge in [0.1, 0.15) is 11.4 Å². The van der Waals surface area contributed by atoms with Crippen molar-refractivity contribution in [1.82, 2.24) is 0 Å². The lowest BCUT2D eigenvalue weighted by atomic mass is 9.80. The Bertz CT molecular complexity index is 499. The van der Waals surface area contributed by atoms with Crippen molar-refractivity contribution in [3.63, 3.8) is 0 Å². The van der Waals surface area contributed by atoms with Gasteiger partial charge < -0.3 is 10.6 Å². The van der Waals surface area contributed by atoms with Crippen molar-refractivity contribution in [2.24, 2.45) is 5.73 Å². The molecule has 1 aromatic carbocycles. The first-order chi connectivity index (χ1) is 8.95. The molecule has 0 heterocycles. The summed E-state index contributed by atoms with van der Waals surface area (Å²) < 4.78 is 13.3. The SMILES string of the molecule is Cc1cc(N(C)C2CCC(N)(C#N)CC2)ccc1F. The molecule has 3 nitrogen and oxygen atoms in total. The van der Waals surface area contributed by atoms with E-state index >= 15 is 0 Å². The number of nitrogens with two attached hydrogens (primary N) is 1. The van der Waals surface area contributed by atoms with Crippen LogP contribution in [0.25, 0.3) is 0 Å². The second-order valence-electron chi connectivity index (χ2n) is 5.54. The summed E-state index contributed by atoms with van der Waals surface area (Å²) in [6, 6.07) is 7.75. The summed E-state index contributed by atoms with van der Waals surface area (Å²) in [5.74, 6) is -0.175. The van der Waals surface area contributed by atoms with Crippen molar-refractivity contribution in [1.29, 1.82) is 5.26 Å².